The Kier molecular flexibility index (Phi) is 5.15. The van der Waals surface area contributed by atoms with Gasteiger partial charge in [0.1, 0.15) is 5.75 Å². The molecular formula is C32H38N2O2. The summed E-state index contributed by atoms with van der Waals surface area (Å²) < 4.78 is 0. The summed E-state index contributed by atoms with van der Waals surface area (Å²) in [5.41, 5.74) is 4.25. The van der Waals surface area contributed by atoms with Crippen LogP contribution in [0.15, 0.2) is 60.7 Å². The average molecular weight is 483 g/mol. The molecule has 1 spiro atoms. The van der Waals surface area contributed by atoms with Gasteiger partial charge in [0.15, 0.2) is 0 Å². The van der Waals surface area contributed by atoms with Gasteiger partial charge in [-0.05, 0) is 92.1 Å². The lowest BCUT2D eigenvalue weighted by Gasteiger charge is -2.65. The van der Waals surface area contributed by atoms with Gasteiger partial charge in [0.2, 0.25) is 5.91 Å². The lowest BCUT2D eigenvalue weighted by Crippen LogP contribution is -2.68. The SMILES string of the molecule is CN(C(=O)CCc1ccccc1)[C@@H]1C[C@@]23CCN(CC4CC4)[C@H]4C=C[C@@H]1C[C@]42Cc1ccc(O)cc13. The number of fused-ring (bicyclic) bond motifs is 2. The highest BCUT2D eigenvalue weighted by atomic mass is 16.3. The number of amides is 1. The molecule has 1 N–H and O–H groups in total. The Morgan fingerprint density at radius 2 is 1.94 bits per heavy atom. The summed E-state index contributed by atoms with van der Waals surface area (Å²) in [6, 6.07) is 17.2. The molecule has 2 aromatic carbocycles. The Morgan fingerprint density at radius 1 is 1.11 bits per heavy atom. The normalized spacial score (nSPS) is 34.2. The molecule has 0 radical (unpaired) electrons. The zero-order chi connectivity index (χ0) is 24.5. The summed E-state index contributed by atoms with van der Waals surface area (Å²) in [6.07, 6.45) is 13.5. The maximum Gasteiger partial charge on any atom is 0.222 e. The number of carbonyl (C=O) groups excluding carboxylic acids is 1. The first kappa shape index (κ1) is 22.6. The molecule has 2 bridgehead atoms. The van der Waals surface area contributed by atoms with Gasteiger partial charge in [-0.3, -0.25) is 9.69 Å². The van der Waals surface area contributed by atoms with Crippen molar-refractivity contribution in [3.8, 4) is 5.75 Å². The highest BCUT2D eigenvalue weighted by Crippen LogP contribution is 2.68. The zero-order valence-electron chi connectivity index (χ0n) is 21.4. The first-order valence-corrected chi connectivity index (χ1v) is 14.0. The van der Waals surface area contributed by atoms with Crippen LogP contribution in [0.25, 0.3) is 0 Å². The Hall–Kier alpha value is -2.59. The minimum Gasteiger partial charge on any atom is -0.508 e. The van der Waals surface area contributed by atoms with E-state index in [9.17, 15) is 9.90 Å². The highest BCUT2D eigenvalue weighted by Gasteiger charge is 2.68. The van der Waals surface area contributed by atoms with Crippen molar-refractivity contribution in [1.29, 1.82) is 0 Å². The Morgan fingerprint density at radius 3 is 2.75 bits per heavy atom. The molecule has 2 aromatic rings. The fourth-order valence-corrected chi connectivity index (χ4v) is 8.67. The number of hydrogen-bond acceptors (Lipinski definition) is 3. The van der Waals surface area contributed by atoms with Crippen molar-refractivity contribution in [1.82, 2.24) is 9.80 Å². The number of nitrogens with zero attached hydrogens (tertiary/aromatic N) is 2. The van der Waals surface area contributed by atoms with Gasteiger partial charge < -0.3 is 10.0 Å². The standard InChI is InChI=1S/C32H38N2O2/c1-33(30(36)14-9-22-5-3-2-4-6-22)28-20-31-15-16-34(21-23-7-8-23)29-13-11-25(28)19-32(29,31)18-24-10-12-26(35)17-27(24)31/h2-6,10-13,17,23,25,28-29,35H,7-9,14-16,18-21H2,1H3/t25-,28-,29+,31-,32-/m1/s1. The van der Waals surface area contributed by atoms with Crippen LogP contribution in [-0.4, -0.2) is 53.0 Å². The van der Waals surface area contributed by atoms with E-state index in [1.807, 2.05) is 19.2 Å². The van der Waals surface area contributed by atoms with Crippen LogP contribution < -0.4 is 0 Å². The molecule has 5 aliphatic rings. The first-order valence-electron chi connectivity index (χ1n) is 14.0. The minimum absolute atomic E-state index is 0.0334. The molecule has 1 saturated heterocycles. The van der Waals surface area contributed by atoms with Crippen molar-refractivity contribution >= 4 is 5.91 Å². The second-order valence-corrected chi connectivity index (χ2v) is 12.4. The van der Waals surface area contributed by atoms with Crippen LogP contribution in [0, 0.1) is 17.3 Å². The molecule has 36 heavy (non-hydrogen) atoms. The number of likely N-dealkylation sites (tertiary alicyclic amines) is 1. The molecular weight excluding hydrogens is 444 g/mol. The van der Waals surface area contributed by atoms with Gasteiger partial charge in [-0.15, -0.1) is 0 Å². The Bertz CT molecular complexity index is 1200. The summed E-state index contributed by atoms with van der Waals surface area (Å²) in [5, 5.41) is 10.5. The number of phenols is 1. The molecule has 1 aliphatic heterocycles. The predicted octanol–water partition coefficient (Wildman–Crippen LogP) is 5.10. The Labute approximate surface area is 215 Å². The fourth-order valence-electron chi connectivity index (χ4n) is 8.67. The van der Waals surface area contributed by atoms with Crippen LogP contribution in [0.5, 0.6) is 5.75 Å². The van der Waals surface area contributed by atoms with Crippen molar-refractivity contribution in [2.75, 3.05) is 20.1 Å². The first-order chi connectivity index (χ1) is 17.5. The number of benzene rings is 2. The second-order valence-electron chi connectivity index (χ2n) is 12.4. The van der Waals surface area contributed by atoms with E-state index in [2.05, 4.69) is 58.4 Å². The lowest BCUT2D eigenvalue weighted by atomic mass is 9.45. The van der Waals surface area contributed by atoms with Crippen LogP contribution in [0.1, 0.15) is 55.2 Å². The summed E-state index contributed by atoms with van der Waals surface area (Å²) in [5.74, 6) is 1.93. The topological polar surface area (TPSA) is 43.8 Å². The molecule has 7 rings (SSSR count). The average Bonchev–Trinajstić information content (AvgIpc) is 3.67. The van der Waals surface area contributed by atoms with Gasteiger partial charge in [0.25, 0.3) is 0 Å². The second kappa shape index (κ2) is 8.21. The number of hydrogen-bond donors (Lipinski definition) is 1. The van der Waals surface area contributed by atoms with Crippen LogP contribution in [0.4, 0.5) is 0 Å². The number of aryl methyl sites for hydroxylation is 1. The predicted molar refractivity (Wildman–Crippen MR) is 142 cm³/mol. The molecule has 4 aliphatic carbocycles. The molecule has 2 saturated carbocycles. The molecule has 1 amide bonds. The van der Waals surface area contributed by atoms with Gasteiger partial charge in [-0.2, -0.15) is 0 Å². The van der Waals surface area contributed by atoms with E-state index in [1.54, 1.807) is 0 Å². The van der Waals surface area contributed by atoms with Crippen LogP contribution in [-0.2, 0) is 23.1 Å². The summed E-state index contributed by atoms with van der Waals surface area (Å²) >= 11 is 0. The molecule has 5 atom stereocenters. The molecule has 0 unspecified atom stereocenters. The summed E-state index contributed by atoms with van der Waals surface area (Å²) in [7, 11) is 2.04. The third-order valence-electron chi connectivity index (χ3n) is 10.6. The molecule has 4 heteroatoms. The number of rotatable bonds is 6. The van der Waals surface area contributed by atoms with Crippen molar-refractivity contribution < 1.29 is 9.90 Å². The van der Waals surface area contributed by atoms with Gasteiger partial charge in [0, 0.05) is 42.9 Å². The van der Waals surface area contributed by atoms with E-state index in [1.165, 1.54) is 36.1 Å². The van der Waals surface area contributed by atoms with Gasteiger partial charge in [-0.1, -0.05) is 48.6 Å². The quantitative estimate of drug-likeness (QED) is 0.583. The maximum atomic E-state index is 13.5. The lowest BCUT2D eigenvalue weighted by molar-refractivity contribution is -0.140. The largest absolute Gasteiger partial charge is 0.508 e. The smallest absolute Gasteiger partial charge is 0.222 e. The van der Waals surface area contributed by atoms with Crippen molar-refractivity contribution in [2.24, 2.45) is 17.3 Å². The Balaban J connectivity index is 1.22. The molecule has 188 valence electrons. The van der Waals surface area contributed by atoms with E-state index in [4.69, 9.17) is 0 Å². The number of aromatic hydroxyl groups is 1. The van der Waals surface area contributed by atoms with Crippen molar-refractivity contribution in [3.63, 3.8) is 0 Å². The summed E-state index contributed by atoms with van der Waals surface area (Å²) in [4.78, 5) is 18.4. The van der Waals surface area contributed by atoms with Gasteiger partial charge in [-0.25, -0.2) is 0 Å². The number of carbonyl (C=O) groups is 1. The molecule has 3 fully saturated rings. The third-order valence-corrected chi connectivity index (χ3v) is 10.6. The van der Waals surface area contributed by atoms with E-state index in [-0.39, 0.29) is 22.8 Å². The van der Waals surface area contributed by atoms with E-state index in [0.717, 1.165) is 44.6 Å². The minimum atomic E-state index is 0.0334. The van der Waals surface area contributed by atoms with E-state index in [0.29, 0.717) is 24.1 Å². The highest BCUT2D eigenvalue weighted by molar-refractivity contribution is 5.76. The molecule has 4 nitrogen and oxygen atoms in total. The van der Waals surface area contributed by atoms with Crippen LogP contribution >= 0.6 is 0 Å². The van der Waals surface area contributed by atoms with Crippen LogP contribution in [0.2, 0.25) is 0 Å². The zero-order valence-corrected chi connectivity index (χ0v) is 21.4. The van der Waals surface area contributed by atoms with Gasteiger partial charge >= 0.3 is 0 Å². The molecule has 0 aromatic heterocycles. The summed E-state index contributed by atoms with van der Waals surface area (Å²) in [6.45, 7) is 2.35. The number of piperidine rings is 1. The molecule has 1 heterocycles. The monoisotopic (exact) mass is 482 g/mol. The van der Waals surface area contributed by atoms with Gasteiger partial charge in [0.05, 0.1) is 0 Å². The third kappa shape index (κ3) is 3.33. The van der Waals surface area contributed by atoms with E-state index < -0.39 is 0 Å². The van der Waals surface area contributed by atoms with E-state index >= 15 is 0 Å². The number of phenolic OH excluding ortho intramolecular Hbond substituents is 1. The fraction of sp³-hybridized carbons (Fsp3) is 0.531. The van der Waals surface area contributed by atoms with Crippen molar-refractivity contribution in [3.05, 3.63) is 77.4 Å². The van der Waals surface area contributed by atoms with Crippen molar-refractivity contribution in [2.45, 2.75) is 68.9 Å². The maximum absolute atomic E-state index is 13.5. The van der Waals surface area contributed by atoms with Crippen LogP contribution in [0.3, 0.4) is 0 Å².